The van der Waals surface area contributed by atoms with E-state index in [1.54, 1.807) is 5.57 Å². The Kier molecular flexibility index (Phi) is 4.79. The Balaban J connectivity index is 1.62. The number of allylic oxidation sites excluding steroid dienone is 1. The third-order valence-corrected chi connectivity index (χ3v) is 6.02. The molecule has 0 unspecified atom stereocenters. The Bertz CT molecular complexity index is 765. The minimum Gasteiger partial charge on any atom is -0.0649 e. The Morgan fingerprint density at radius 3 is 2.32 bits per heavy atom. The van der Waals surface area contributed by atoms with Gasteiger partial charge in [0.25, 0.3) is 0 Å². The van der Waals surface area contributed by atoms with E-state index in [1.165, 1.54) is 84.7 Å². The molecule has 0 aromatic heterocycles. The van der Waals surface area contributed by atoms with Crippen LogP contribution in [0.1, 0.15) is 67.2 Å². The summed E-state index contributed by atoms with van der Waals surface area (Å²) in [5.41, 5.74) is 10.2. The Morgan fingerprint density at radius 2 is 1.60 bits per heavy atom. The normalized spacial score (nSPS) is 17.9. The van der Waals surface area contributed by atoms with Crippen LogP contribution in [0.5, 0.6) is 0 Å². The van der Waals surface area contributed by atoms with Gasteiger partial charge in [0.2, 0.25) is 0 Å². The van der Waals surface area contributed by atoms with Crippen molar-refractivity contribution in [1.29, 1.82) is 0 Å². The molecule has 0 saturated heterocycles. The topological polar surface area (TPSA) is 0 Å². The fraction of sp³-hybridized carbons (Fsp3) is 0.440. The van der Waals surface area contributed by atoms with Gasteiger partial charge in [0.1, 0.15) is 0 Å². The summed E-state index contributed by atoms with van der Waals surface area (Å²) in [7, 11) is 0. The summed E-state index contributed by atoms with van der Waals surface area (Å²) < 4.78 is 0. The number of aryl methyl sites for hydroxylation is 2. The first-order valence-corrected chi connectivity index (χ1v) is 10.1. The molecule has 0 spiro atoms. The van der Waals surface area contributed by atoms with Gasteiger partial charge in [0.15, 0.2) is 0 Å². The molecule has 2 aromatic rings. The zero-order chi connectivity index (χ0) is 17.2. The molecule has 0 radical (unpaired) electrons. The van der Waals surface area contributed by atoms with Crippen molar-refractivity contribution < 1.29 is 0 Å². The maximum Gasteiger partial charge on any atom is -0.00575 e. The van der Waals surface area contributed by atoms with E-state index in [1.807, 2.05) is 0 Å². The summed E-state index contributed by atoms with van der Waals surface area (Å²) >= 11 is 0. The van der Waals surface area contributed by atoms with Crippen LogP contribution < -0.4 is 0 Å². The van der Waals surface area contributed by atoms with Gasteiger partial charge >= 0.3 is 0 Å². The second-order valence-corrected chi connectivity index (χ2v) is 8.30. The van der Waals surface area contributed by atoms with Gasteiger partial charge in [-0.25, -0.2) is 0 Å². The fourth-order valence-corrected chi connectivity index (χ4v) is 4.89. The Morgan fingerprint density at radius 1 is 0.880 bits per heavy atom. The monoisotopic (exact) mass is 330 g/mol. The van der Waals surface area contributed by atoms with Crippen LogP contribution in [0.15, 0.2) is 42.0 Å². The van der Waals surface area contributed by atoms with Crippen LogP contribution in [0.3, 0.4) is 0 Å². The lowest BCUT2D eigenvalue weighted by atomic mass is 9.92. The van der Waals surface area contributed by atoms with E-state index in [9.17, 15) is 0 Å². The summed E-state index contributed by atoms with van der Waals surface area (Å²) in [4.78, 5) is 0. The van der Waals surface area contributed by atoms with E-state index in [-0.39, 0.29) is 0 Å². The first kappa shape index (κ1) is 16.6. The zero-order valence-corrected chi connectivity index (χ0v) is 15.8. The van der Waals surface area contributed by atoms with E-state index in [0.717, 1.165) is 5.92 Å². The van der Waals surface area contributed by atoms with Gasteiger partial charge in [0, 0.05) is 0 Å². The molecule has 2 aromatic carbocycles. The Labute approximate surface area is 153 Å². The highest BCUT2D eigenvalue weighted by atomic mass is 14.2. The van der Waals surface area contributed by atoms with Crippen LogP contribution in [0.25, 0.3) is 17.2 Å². The molecule has 0 heterocycles. The average molecular weight is 331 g/mol. The van der Waals surface area contributed by atoms with Crippen molar-refractivity contribution in [2.75, 3.05) is 0 Å². The molecule has 0 nitrogen and oxygen atoms in total. The number of benzene rings is 2. The number of rotatable bonds is 3. The SMILES string of the molecule is Cc1cc(C)cc(-c2cccc3c2C=C(CC2CCCCCC2)C3)c1. The average Bonchev–Trinajstić information content (AvgIpc) is 2.81. The van der Waals surface area contributed by atoms with Crippen LogP contribution >= 0.6 is 0 Å². The summed E-state index contributed by atoms with van der Waals surface area (Å²) in [6, 6.07) is 13.8. The van der Waals surface area contributed by atoms with E-state index >= 15 is 0 Å². The number of hydrogen-bond donors (Lipinski definition) is 0. The van der Waals surface area contributed by atoms with E-state index < -0.39 is 0 Å². The highest BCUT2D eigenvalue weighted by Gasteiger charge is 2.20. The maximum atomic E-state index is 2.52. The molecule has 2 aliphatic rings. The van der Waals surface area contributed by atoms with Crippen molar-refractivity contribution in [2.24, 2.45) is 5.92 Å². The number of fused-ring (bicyclic) bond motifs is 1. The lowest BCUT2D eigenvalue weighted by molar-refractivity contribution is 0.455. The van der Waals surface area contributed by atoms with Crippen molar-refractivity contribution in [2.45, 2.75) is 65.2 Å². The van der Waals surface area contributed by atoms with Crippen LogP contribution in [-0.4, -0.2) is 0 Å². The maximum absolute atomic E-state index is 2.52. The van der Waals surface area contributed by atoms with Crippen molar-refractivity contribution in [3.8, 4) is 11.1 Å². The predicted octanol–water partition coefficient (Wildman–Crippen LogP) is 7.27. The van der Waals surface area contributed by atoms with Gasteiger partial charge in [-0.05, 0) is 54.9 Å². The summed E-state index contributed by atoms with van der Waals surface area (Å²) in [6.07, 6.45) is 13.7. The van der Waals surface area contributed by atoms with E-state index in [4.69, 9.17) is 0 Å². The molecule has 0 atom stereocenters. The minimum absolute atomic E-state index is 0.924. The standard InChI is InChI=1S/C25H30/c1-18-12-19(2)14-23(13-18)24-11-7-10-22-16-21(17-25(22)24)15-20-8-5-3-4-6-9-20/h7,10-14,17,20H,3-6,8-9,15-16H2,1-2H3. The highest BCUT2D eigenvalue weighted by molar-refractivity contribution is 5.81. The first-order chi connectivity index (χ1) is 12.2. The molecule has 130 valence electrons. The summed E-state index contributed by atoms with van der Waals surface area (Å²) in [6.45, 7) is 4.40. The third kappa shape index (κ3) is 3.73. The van der Waals surface area contributed by atoms with Gasteiger partial charge in [-0.15, -0.1) is 0 Å². The smallest absolute Gasteiger partial charge is 0.00575 e. The van der Waals surface area contributed by atoms with E-state index in [2.05, 4.69) is 56.3 Å². The van der Waals surface area contributed by atoms with E-state index in [0.29, 0.717) is 0 Å². The van der Waals surface area contributed by atoms with Gasteiger partial charge < -0.3 is 0 Å². The third-order valence-electron chi connectivity index (χ3n) is 6.02. The van der Waals surface area contributed by atoms with Crippen molar-refractivity contribution in [3.05, 3.63) is 64.2 Å². The Hall–Kier alpha value is -1.82. The molecule has 0 aliphatic heterocycles. The van der Waals surface area contributed by atoms with Crippen LogP contribution in [-0.2, 0) is 6.42 Å². The van der Waals surface area contributed by atoms with Gasteiger partial charge in [-0.1, -0.05) is 97.7 Å². The highest BCUT2D eigenvalue weighted by Crippen LogP contribution is 2.38. The second kappa shape index (κ2) is 7.20. The lowest BCUT2D eigenvalue weighted by Crippen LogP contribution is -2.00. The number of hydrogen-bond acceptors (Lipinski definition) is 0. The van der Waals surface area contributed by atoms with Crippen LogP contribution in [0.2, 0.25) is 0 Å². The minimum atomic E-state index is 0.924. The molecule has 0 amide bonds. The molecular formula is C25H30. The van der Waals surface area contributed by atoms with Crippen molar-refractivity contribution in [3.63, 3.8) is 0 Å². The molecule has 0 bridgehead atoms. The zero-order valence-electron chi connectivity index (χ0n) is 15.8. The molecule has 1 saturated carbocycles. The van der Waals surface area contributed by atoms with Crippen LogP contribution in [0, 0.1) is 19.8 Å². The second-order valence-electron chi connectivity index (χ2n) is 8.30. The van der Waals surface area contributed by atoms with Crippen LogP contribution in [0.4, 0.5) is 0 Å². The molecule has 4 rings (SSSR count). The molecule has 25 heavy (non-hydrogen) atoms. The van der Waals surface area contributed by atoms with Gasteiger partial charge in [0.05, 0.1) is 0 Å². The molecule has 0 N–H and O–H groups in total. The fourth-order valence-electron chi connectivity index (χ4n) is 4.89. The quantitative estimate of drug-likeness (QED) is 0.519. The molecule has 2 aliphatic carbocycles. The summed E-state index contributed by atoms with van der Waals surface area (Å²) in [5.74, 6) is 0.924. The largest absolute Gasteiger partial charge is 0.0649 e. The first-order valence-electron chi connectivity index (χ1n) is 10.1. The van der Waals surface area contributed by atoms with Crippen molar-refractivity contribution >= 4 is 6.08 Å². The van der Waals surface area contributed by atoms with Gasteiger partial charge in [-0.3, -0.25) is 0 Å². The molecular weight excluding hydrogens is 300 g/mol. The summed E-state index contributed by atoms with van der Waals surface area (Å²) in [5, 5.41) is 0. The predicted molar refractivity (Wildman–Crippen MR) is 109 cm³/mol. The molecule has 0 heteroatoms. The molecule has 1 fully saturated rings. The van der Waals surface area contributed by atoms with Gasteiger partial charge in [-0.2, -0.15) is 0 Å². The lowest BCUT2D eigenvalue weighted by Gasteiger charge is -2.14. The van der Waals surface area contributed by atoms with Crippen molar-refractivity contribution in [1.82, 2.24) is 0 Å².